The van der Waals surface area contributed by atoms with E-state index < -0.39 is 22.5 Å². The molecule has 0 bridgehead atoms. The van der Waals surface area contributed by atoms with Crippen LogP contribution in [0, 0.1) is 6.92 Å². The Bertz CT molecular complexity index is 1470. The summed E-state index contributed by atoms with van der Waals surface area (Å²) in [6.45, 7) is 1.31. The summed E-state index contributed by atoms with van der Waals surface area (Å²) in [7, 11) is -2.54. The number of hydrogen-bond donors (Lipinski definition) is 2. The minimum Gasteiger partial charge on any atom is -0.497 e. The van der Waals surface area contributed by atoms with Crippen molar-refractivity contribution in [3.63, 3.8) is 0 Å². The Morgan fingerprint density at radius 3 is 2.19 bits per heavy atom. The summed E-state index contributed by atoms with van der Waals surface area (Å²) in [6, 6.07) is 19.9. The summed E-state index contributed by atoms with van der Waals surface area (Å²) in [4.78, 5) is 25.0. The summed E-state index contributed by atoms with van der Waals surface area (Å²) in [5, 5.41) is 7.00. The fourth-order valence-corrected chi connectivity index (χ4v) is 5.98. The molecule has 10 nitrogen and oxygen atoms in total. The highest BCUT2D eigenvalue weighted by Gasteiger charge is 2.27. The number of hydrogen-bond acceptors (Lipinski definition) is 7. The fraction of sp³-hybridized carbons (Fsp3) is 0.323. The van der Waals surface area contributed by atoms with Crippen LogP contribution in [0.5, 0.6) is 11.5 Å². The summed E-state index contributed by atoms with van der Waals surface area (Å²) < 4.78 is 38.8. The van der Waals surface area contributed by atoms with Crippen LogP contribution in [-0.4, -0.2) is 52.8 Å². The number of ether oxygens (including phenoxy) is 2. The average molecular weight is 593 g/mol. The van der Waals surface area contributed by atoms with Gasteiger partial charge in [-0.2, -0.15) is 5.10 Å². The number of hydrazone groups is 1. The Morgan fingerprint density at radius 2 is 1.55 bits per heavy atom. The zero-order valence-electron chi connectivity index (χ0n) is 23.8. The van der Waals surface area contributed by atoms with Crippen LogP contribution in [0.3, 0.4) is 0 Å². The normalized spacial score (nSPS) is 13.9. The highest BCUT2D eigenvalue weighted by Crippen LogP contribution is 2.26. The Hall–Kier alpha value is -4.38. The van der Waals surface area contributed by atoms with Gasteiger partial charge in [0.1, 0.15) is 18.0 Å². The zero-order chi connectivity index (χ0) is 30.0. The second-order valence-electron chi connectivity index (χ2n) is 10.1. The van der Waals surface area contributed by atoms with Crippen molar-refractivity contribution in [1.82, 2.24) is 10.7 Å². The molecule has 0 saturated heterocycles. The number of nitrogens with one attached hydrogen (secondary N) is 2. The van der Waals surface area contributed by atoms with Crippen molar-refractivity contribution in [3.05, 3.63) is 83.9 Å². The third-order valence-corrected chi connectivity index (χ3v) is 8.67. The van der Waals surface area contributed by atoms with Gasteiger partial charge >= 0.3 is 0 Å². The van der Waals surface area contributed by atoms with Crippen LogP contribution in [0.15, 0.2) is 82.8 Å². The highest BCUT2D eigenvalue weighted by atomic mass is 32.2. The summed E-state index contributed by atoms with van der Waals surface area (Å²) >= 11 is 0. The van der Waals surface area contributed by atoms with Crippen LogP contribution in [0.1, 0.15) is 43.2 Å². The predicted molar refractivity (Wildman–Crippen MR) is 161 cm³/mol. The van der Waals surface area contributed by atoms with E-state index >= 15 is 0 Å². The number of amides is 2. The van der Waals surface area contributed by atoms with Gasteiger partial charge in [0.25, 0.3) is 21.8 Å². The SMILES string of the molecule is COc1ccc(N(CC(=O)N/N=C\c2ccc(OCC(=O)NC3CCCCC3)cc2)S(=O)(=O)c2ccc(C)cc2)cc1. The van der Waals surface area contributed by atoms with Gasteiger partial charge in [0.05, 0.1) is 23.9 Å². The lowest BCUT2D eigenvalue weighted by Gasteiger charge is -2.24. The average Bonchev–Trinajstić information content (AvgIpc) is 3.00. The van der Waals surface area contributed by atoms with Crippen molar-refractivity contribution in [2.75, 3.05) is 24.6 Å². The highest BCUT2D eigenvalue weighted by molar-refractivity contribution is 7.92. The number of aryl methyl sites for hydroxylation is 1. The molecule has 2 amide bonds. The number of carbonyl (C=O) groups excluding carboxylic acids is 2. The van der Waals surface area contributed by atoms with Gasteiger partial charge in [0.15, 0.2) is 6.61 Å². The molecule has 0 atom stereocenters. The molecule has 4 rings (SSSR count). The van der Waals surface area contributed by atoms with Crippen molar-refractivity contribution >= 4 is 33.7 Å². The molecule has 2 N–H and O–H groups in total. The lowest BCUT2D eigenvalue weighted by molar-refractivity contribution is -0.124. The van der Waals surface area contributed by atoms with E-state index in [0.717, 1.165) is 35.6 Å². The first kappa shape index (κ1) is 30.6. The maximum absolute atomic E-state index is 13.5. The van der Waals surface area contributed by atoms with Gasteiger partial charge in [0, 0.05) is 6.04 Å². The standard InChI is InChI=1S/C31H36N4O6S/c1-23-8-18-29(19-9-23)42(38,39)35(26-12-16-27(40-2)17-13-26)21-30(36)34-32-20-24-10-14-28(15-11-24)41-22-31(37)33-25-6-4-3-5-7-25/h8-20,25H,3-7,21-22H2,1-2H3,(H,33,37)(H,34,36)/b32-20-. The van der Waals surface area contributed by atoms with Gasteiger partial charge in [0.2, 0.25) is 0 Å². The molecule has 222 valence electrons. The molecular formula is C31H36N4O6S. The number of nitrogens with zero attached hydrogens (tertiary/aromatic N) is 2. The van der Waals surface area contributed by atoms with Crippen LogP contribution in [0.25, 0.3) is 0 Å². The first-order valence-electron chi connectivity index (χ1n) is 13.8. The van der Waals surface area contributed by atoms with Gasteiger partial charge < -0.3 is 14.8 Å². The molecule has 0 spiro atoms. The molecule has 1 saturated carbocycles. The second kappa shape index (κ2) is 14.5. The van der Waals surface area contributed by atoms with Crippen molar-refractivity contribution in [2.24, 2.45) is 5.10 Å². The van der Waals surface area contributed by atoms with E-state index in [1.807, 2.05) is 6.92 Å². The molecule has 0 radical (unpaired) electrons. The van der Waals surface area contributed by atoms with Crippen LogP contribution < -0.4 is 24.5 Å². The Morgan fingerprint density at radius 1 is 0.905 bits per heavy atom. The lowest BCUT2D eigenvalue weighted by Crippen LogP contribution is -2.39. The molecule has 1 fully saturated rings. The van der Waals surface area contributed by atoms with Crippen LogP contribution >= 0.6 is 0 Å². The maximum Gasteiger partial charge on any atom is 0.264 e. The van der Waals surface area contributed by atoms with Crippen molar-refractivity contribution in [2.45, 2.75) is 50.0 Å². The molecule has 1 aliphatic rings. The number of benzene rings is 3. The molecule has 0 heterocycles. The number of carbonyl (C=O) groups is 2. The predicted octanol–water partition coefficient (Wildman–Crippen LogP) is 4.18. The minimum absolute atomic E-state index is 0.0593. The molecule has 0 aromatic heterocycles. The van der Waals surface area contributed by atoms with E-state index in [-0.39, 0.29) is 23.5 Å². The van der Waals surface area contributed by atoms with Gasteiger partial charge in [-0.15, -0.1) is 0 Å². The van der Waals surface area contributed by atoms with Crippen LogP contribution in [0.4, 0.5) is 5.69 Å². The van der Waals surface area contributed by atoms with Gasteiger partial charge in [-0.05, 0) is 86.0 Å². The fourth-order valence-electron chi connectivity index (χ4n) is 4.56. The zero-order valence-corrected chi connectivity index (χ0v) is 24.6. The summed E-state index contributed by atoms with van der Waals surface area (Å²) in [5.74, 6) is 0.330. The van der Waals surface area contributed by atoms with Gasteiger partial charge in [-0.25, -0.2) is 13.8 Å². The van der Waals surface area contributed by atoms with E-state index in [1.54, 1.807) is 60.7 Å². The van der Waals surface area contributed by atoms with Crippen LogP contribution in [-0.2, 0) is 19.6 Å². The molecule has 3 aromatic rings. The Kier molecular flexibility index (Phi) is 10.6. The summed E-state index contributed by atoms with van der Waals surface area (Å²) in [6.07, 6.45) is 6.96. The number of rotatable bonds is 12. The topological polar surface area (TPSA) is 126 Å². The molecule has 42 heavy (non-hydrogen) atoms. The van der Waals surface area contributed by atoms with Crippen molar-refractivity contribution in [3.8, 4) is 11.5 Å². The maximum atomic E-state index is 13.5. The number of sulfonamides is 1. The number of anilines is 1. The molecule has 11 heteroatoms. The van der Waals surface area contributed by atoms with Gasteiger partial charge in [-0.1, -0.05) is 37.0 Å². The smallest absolute Gasteiger partial charge is 0.264 e. The minimum atomic E-state index is -4.05. The summed E-state index contributed by atoms with van der Waals surface area (Å²) in [5.41, 5.74) is 4.29. The van der Waals surface area contributed by atoms with Crippen molar-refractivity contribution < 1.29 is 27.5 Å². The molecule has 0 unspecified atom stereocenters. The molecular weight excluding hydrogens is 556 g/mol. The van der Waals surface area contributed by atoms with E-state index in [2.05, 4.69) is 15.8 Å². The third-order valence-electron chi connectivity index (χ3n) is 6.88. The molecule has 3 aromatic carbocycles. The first-order valence-corrected chi connectivity index (χ1v) is 15.3. The third kappa shape index (κ3) is 8.56. The Labute approximate surface area is 246 Å². The number of methoxy groups -OCH3 is 1. The second-order valence-corrected chi connectivity index (χ2v) is 11.9. The lowest BCUT2D eigenvalue weighted by atomic mass is 9.95. The quantitative estimate of drug-likeness (QED) is 0.240. The van der Waals surface area contributed by atoms with Crippen LogP contribution in [0.2, 0.25) is 0 Å². The van der Waals surface area contributed by atoms with E-state index in [1.165, 1.54) is 31.9 Å². The molecule has 1 aliphatic carbocycles. The van der Waals surface area contributed by atoms with E-state index in [0.29, 0.717) is 22.7 Å². The largest absolute Gasteiger partial charge is 0.497 e. The van der Waals surface area contributed by atoms with Gasteiger partial charge in [-0.3, -0.25) is 13.9 Å². The van der Waals surface area contributed by atoms with E-state index in [4.69, 9.17) is 9.47 Å². The molecule has 0 aliphatic heterocycles. The van der Waals surface area contributed by atoms with Crippen molar-refractivity contribution in [1.29, 1.82) is 0 Å². The van der Waals surface area contributed by atoms with E-state index in [9.17, 15) is 18.0 Å². The monoisotopic (exact) mass is 592 g/mol. The Balaban J connectivity index is 1.34. The first-order chi connectivity index (χ1) is 20.2.